The first-order valence-corrected chi connectivity index (χ1v) is 5.95. The van der Waals surface area contributed by atoms with E-state index in [0.717, 1.165) is 0 Å². The molecule has 0 amide bonds. The molecule has 98 valence electrons. The van der Waals surface area contributed by atoms with E-state index >= 15 is 0 Å². The third kappa shape index (κ3) is 3.96. The van der Waals surface area contributed by atoms with Gasteiger partial charge in [0.1, 0.15) is 0 Å². The molecule has 5 nitrogen and oxygen atoms in total. The van der Waals surface area contributed by atoms with Gasteiger partial charge in [0.15, 0.2) is 5.11 Å². The molecule has 0 radical (unpaired) electrons. The summed E-state index contributed by atoms with van der Waals surface area (Å²) >= 11 is 5.16. The Morgan fingerprint density at radius 3 is 2.50 bits per heavy atom. The maximum atomic E-state index is 10.8. The number of hydrogen-bond acceptors (Lipinski definition) is 3. The van der Waals surface area contributed by atoms with Gasteiger partial charge in [-0.25, -0.2) is 0 Å². The van der Waals surface area contributed by atoms with Gasteiger partial charge in [0, 0.05) is 17.3 Å². The summed E-state index contributed by atoms with van der Waals surface area (Å²) in [5.41, 5.74) is 1.14. The van der Waals surface area contributed by atoms with Crippen LogP contribution in [0.3, 0.4) is 0 Å². The number of rotatable bonds is 2. The lowest BCUT2D eigenvalue weighted by Crippen LogP contribution is -2.43. The summed E-state index contributed by atoms with van der Waals surface area (Å²) in [6.07, 6.45) is 0. The summed E-state index contributed by atoms with van der Waals surface area (Å²) in [6, 6.07) is 4.87. The Balaban J connectivity index is 2.89. The highest BCUT2D eigenvalue weighted by Gasteiger charge is 2.15. The predicted octanol–water partition coefficient (Wildman–Crippen LogP) is 2.99. The van der Waals surface area contributed by atoms with Crippen LogP contribution in [0, 0.1) is 17.0 Å². The molecule has 0 spiro atoms. The Hall–Kier alpha value is -1.69. The van der Waals surface area contributed by atoms with Crippen molar-refractivity contribution in [2.24, 2.45) is 0 Å². The number of anilines is 1. The van der Waals surface area contributed by atoms with Crippen LogP contribution in [0.15, 0.2) is 18.2 Å². The van der Waals surface area contributed by atoms with Crippen molar-refractivity contribution in [2.45, 2.75) is 33.2 Å². The van der Waals surface area contributed by atoms with Crippen LogP contribution >= 0.6 is 12.2 Å². The maximum absolute atomic E-state index is 10.8. The van der Waals surface area contributed by atoms with E-state index in [1.54, 1.807) is 19.1 Å². The molecule has 0 saturated carbocycles. The van der Waals surface area contributed by atoms with Crippen molar-refractivity contribution in [3.8, 4) is 0 Å². The Morgan fingerprint density at radius 1 is 1.39 bits per heavy atom. The lowest BCUT2D eigenvalue weighted by Gasteiger charge is -2.23. The van der Waals surface area contributed by atoms with Crippen LogP contribution in [0.25, 0.3) is 0 Å². The SMILES string of the molecule is Cc1c(NC(=S)NC(C)(C)C)cccc1[N+](=O)[O-]. The van der Waals surface area contributed by atoms with Gasteiger partial charge in [0.25, 0.3) is 5.69 Å². The highest BCUT2D eigenvalue weighted by atomic mass is 32.1. The maximum Gasteiger partial charge on any atom is 0.274 e. The van der Waals surface area contributed by atoms with Crippen molar-refractivity contribution < 1.29 is 4.92 Å². The molecule has 0 unspecified atom stereocenters. The molecule has 1 rings (SSSR count). The van der Waals surface area contributed by atoms with Gasteiger partial charge in [-0.3, -0.25) is 10.1 Å². The molecule has 0 bridgehead atoms. The summed E-state index contributed by atoms with van der Waals surface area (Å²) < 4.78 is 0. The lowest BCUT2D eigenvalue weighted by molar-refractivity contribution is -0.385. The van der Waals surface area contributed by atoms with Crippen LogP contribution < -0.4 is 10.6 Å². The fourth-order valence-corrected chi connectivity index (χ4v) is 1.87. The first-order valence-electron chi connectivity index (χ1n) is 5.54. The lowest BCUT2D eigenvalue weighted by atomic mass is 10.1. The van der Waals surface area contributed by atoms with Gasteiger partial charge < -0.3 is 10.6 Å². The van der Waals surface area contributed by atoms with Gasteiger partial charge in [0.05, 0.1) is 10.5 Å². The first kappa shape index (κ1) is 14.4. The van der Waals surface area contributed by atoms with Crippen LogP contribution in [-0.2, 0) is 0 Å². The predicted molar refractivity (Wildman–Crippen MR) is 76.9 cm³/mol. The second-order valence-electron chi connectivity index (χ2n) is 5.04. The van der Waals surface area contributed by atoms with Crippen LogP contribution in [0.5, 0.6) is 0 Å². The van der Waals surface area contributed by atoms with E-state index < -0.39 is 4.92 Å². The molecule has 2 N–H and O–H groups in total. The number of benzene rings is 1. The summed E-state index contributed by atoms with van der Waals surface area (Å²) in [5.74, 6) is 0. The number of nitrogens with zero attached hydrogens (tertiary/aromatic N) is 1. The average molecular weight is 267 g/mol. The van der Waals surface area contributed by atoms with Gasteiger partial charge in [-0.1, -0.05) is 6.07 Å². The first-order chi connectivity index (χ1) is 8.20. The van der Waals surface area contributed by atoms with Gasteiger partial charge in [-0.05, 0) is 46.0 Å². The molecule has 0 aliphatic carbocycles. The minimum Gasteiger partial charge on any atom is -0.358 e. The number of nitro groups is 1. The molecular weight excluding hydrogens is 250 g/mol. The Kier molecular flexibility index (Phi) is 4.24. The molecule has 0 atom stereocenters. The third-order valence-electron chi connectivity index (χ3n) is 2.24. The van der Waals surface area contributed by atoms with Crippen molar-refractivity contribution in [3.63, 3.8) is 0 Å². The van der Waals surface area contributed by atoms with E-state index in [0.29, 0.717) is 16.4 Å². The Bertz CT molecular complexity index is 481. The number of nitro benzene ring substituents is 1. The third-order valence-corrected chi connectivity index (χ3v) is 2.44. The Labute approximate surface area is 112 Å². The molecule has 0 fully saturated rings. The molecule has 6 heteroatoms. The van der Waals surface area contributed by atoms with Crippen molar-refractivity contribution in [1.82, 2.24) is 5.32 Å². The average Bonchev–Trinajstić information content (AvgIpc) is 2.17. The molecule has 0 aliphatic rings. The molecule has 1 aromatic carbocycles. The quantitative estimate of drug-likeness (QED) is 0.490. The van der Waals surface area contributed by atoms with E-state index in [9.17, 15) is 10.1 Å². The van der Waals surface area contributed by atoms with Gasteiger partial charge in [0.2, 0.25) is 0 Å². The summed E-state index contributed by atoms with van der Waals surface area (Å²) in [4.78, 5) is 10.4. The molecule has 0 aliphatic heterocycles. The number of nitrogens with one attached hydrogen (secondary N) is 2. The van der Waals surface area contributed by atoms with E-state index in [1.165, 1.54) is 6.07 Å². The minimum atomic E-state index is -0.402. The molecule has 0 saturated heterocycles. The van der Waals surface area contributed by atoms with E-state index in [1.807, 2.05) is 20.8 Å². The second kappa shape index (κ2) is 5.30. The molecule has 0 heterocycles. The van der Waals surface area contributed by atoms with Crippen molar-refractivity contribution >= 4 is 28.7 Å². The van der Waals surface area contributed by atoms with E-state index in [-0.39, 0.29) is 11.2 Å². The van der Waals surface area contributed by atoms with Crippen molar-refractivity contribution in [2.75, 3.05) is 5.32 Å². The topological polar surface area (TPSA) is 67.2 Å². The molecule has 18 heavy (non-hydrogen) atoms. The normalized spacial score (nSPS) is 10.9. The zero-order valence-corrected chi connectivity index (χ0v) is 11.7. The van der Waals surface area contributed by atoms with Crippen molar-refractivity contribution in [3.05, 3.63) is 33.9 Å². The zero-order chi connectivity index (χ0) is 13.9. The fraction of sp³-hybridized carbons (Fsp3) is 0.417. The summed E-state index contributed by atoms with van der Waals surface area (Å²) in [5, 5.41) is 17.3. The zero-order valence-electron chi connectivity index (χ0n) is 10.9. The van der Waals surface area contributed by atoms with E-state index in [4.69, 9.17) is 12.2 Å². The summed E-state index contributed by atoms with van der Waals surface area (Å²) in [7, 11) is 0. The van der Waals surface area contributed by atoms with E-state index in [2.05, 4.69) is 10.6 Å². The standard InChI is InChI=1S/C12H17N3O2S/c1-8-9(6-5-7-10(8)15(16)17)13-11(18)14-12(2,3)4/h5-7H,1-4H3,(H2,13,14,18). The van der Waals surface area contributed by atoms with Gasteiger partial charge in [-0.2, -0.15) is 0 Å². The monoisotopic (exact) mass is 267 g/mol. The highest BCUT2D eigenvalue weighted by Crippen LogP contribution is 2.24. The molecule has 1 aromatic rings. The number of thiocarbonyl (C=S) groups is 1. The van der Waals surface area contributed by atoms with Crippen LogP contribution in [0.2, 0.25) is 0 Å². The largest absolute Gasteiger partial charge is 0.358 e. The fourth-order valence-electron chi connectivity index (χ4n) is 1.45. The highest BCUT2D eigenvalue weighted by molar-refractivity contribution is 7.80. The van der Waals surface area contributed by atoms with Crippen molar-refractivity contribution in [1.29, 1.82) is 0 Å². The molecular formula is C12H17N3O2S. The van der Waals surface area contributed by atoms with Gasteiger partial charge in [-0.15, -0.1) is 0 Å². The number of hydrogen-bond donors (Lipinski definition) is 2. The summed E-state index contributed by atoms with van der Waals surface area (Å²) in [6.45, 7) is 7.66. The van der Waals surface area contributed by atoms with Crippen LogP contribution in [-0.4, -0.2) is 15.6 Å². The van der Waals surface area contributed by atoms with Gasteiger partial charge >= 0.3 is 0 Å². The molecule has 0 aromatic heterocycles. The van der Waals surface area contributed by atoms with Crippen LogP contribution in [0.1, 0.15) is 26.3 Å². The second-order valence-corrected chi connectivity index (χ2v) is 5.44. The Morgan fingerprint density at radius 2 is 2.00 bits per heavy atom. The smallest absolute Gasteiger partial charge is 0.274 e. The minimum absolute atomic E-state index is 0.0820. The van der Waals surface area contributed by atoms with Crippen LogP contribution in [0.4, 0.5) is 11.4 Å².